The number of hydrogen-bond acceptors (Lipinski definition) is 8. The van der Waals surface area contributed by atoms with Gasteiger partial charge in [0.25, 0.3) is 5.91 Å². The van der Waals surface area contributed by atoms with Gasteiger partial charge in [-0.1, -0.05) is 12.1 Å². The van der Waals surface area contributed by atoms with Crippen LogP contribution in [-0.2, 0) is 4.79 Å². The fourth-order valence-corrected chi connectivity index (χ4v) is 3.82. The minimum Gasteiger partial charge on any atom is -0.485 e. The van der Waals surface area contributed by atoms with Crippen molar-refractivity contribution in [3.63, 3.8) is 0 Å². The number of para-hydroxylation sites is 2. The number of carbonyl (C=O) groups excluding carboxylic acids is 1. The number of anilines is 3. The van der Waals surface area contributed by atoms with Crippen molar-refractivity contribution in [3.8, 4) is 11.5 Å². The van der Waals surface area contributed by atoms with Crippen LogP contribution in [0, 0.1) is 6.92 Å². The summed E-state index contributed by atoms with van der Waals surface area (Å²) < 4.78 is 11.6. The topological polar surface area (TPSA) is 92.7 Å². The lowest BCUT2D eigenvalue weighted by Gasteiger charge is -2.37. The standard InChI is InChI=1S/C23H24N6O3/c1-16-6-7-24-20(12-16)27-21-13-22(26-15-25-21)28-8-10-29(11-9-28)23(30)19-14-31-17-4-2-3-5-18(17)32-19/h2-7,12-13,15,19H,8-11,14H2,1H3,(H,24,25,26,27). The van der Waals surface area contributed by atoms with E-state index in [0.29, 0.717) is 43.5 Å². The number of fused-ring (bicyclic) bond motifs is 1. The summed E-state index contributed by atoms with van der Waals surface area (Å²) in [5.74, 6) is 3.47. The Morgan fingerprint density at radius 2 is 1.78 bits per heavy atom. The number of aryl methyl sites for hydroxylation is 1. The number of piperazine rings is 1. The molecule has 4 heterocycles. The third-order valence-corrected chi connectivity index (χ3v) is 5.52. The molecular weight excluding hydrogens is 408 g/mol. The maximum Gasteiger partial charge on any atom is 0.267 e. The monoisotopic (exact) mass is 432 g/mol. The number of amides is 1. The SMILES string of the molecule is Cc1ccnc(Nc2cc(N3CCN(C(=O)C4COc5ccccc5O4)CC3)ncn2)c1. The van der Waals surface area contributed by atoms with Crippen LogP contribution in [0.1, 0.15) is 5.56 Å². The molecule has 9 nitrogen and oxygen atoms in total. The molecule has 1 saturated heterocycles. The first kappa shape index (κ1) is 20.0. The molecule has 5 rings (SSSR count). The summed E-state index contributed by atoms with van der Waals surface area (Å²) in [6.45, 7) is 4.77. The van der Waals surface area contributed by atoms with Gasteiger partial charge in [0.05, 0.1) is 0 Å². The van der Waals surface area contributed by atoms with E-state index in [2.05, 4.69) is 25.2 Å². The van der Waals surface area contributed by atoms with Crippen LogP contribution in [0.5, 0.6) is 11.5 Å². The Balaban J connectivity index is 1.19. The van der Waals surface area contributed by atoms with Gasteiger partial charge in [-0.05, 0) is 36.8 Å². The molecule has 0 radical (unpaired) electrons. The Labute approximate surface area is 186 Å². The molecular formula is C23H24N6O3. The van der Waals surface area contributed by atoms with Gasteiger partial charge in [0.15, 0.2) is 11.5 Å². The third kappa shape index (κ3) is 4.27. The van der Waals surface area contributed by atoms with Crippen LogP contribution in [0.3, 0.4) is 0 Å². The van der Waals surface area contributed by atoms with E-state index >= 15 is 0 Å². The zero-order chi connectivity index (χ0) is 21.9. The van der Waals surface area contributed by atoms with Gasteiger partial charge in [-0.3, -0.25) is 4.79 Å². The van der Waals surface area contributed by atoms with Crippen molar-refractivity contribution >= 4 is 23.4 Å². The first-order valence-electron chi connectivity index (χ1n) is 10.6. The van der Waals surface area contributed by atoms with Gasteiger partial charge in [0.1, 0.15) is 30.4 Å². The van der Waals surface area contributed by atoms with Crippen LogP contribution in [-0.4, -0.2) is 64.6 Å². The van der Waals surface area contributed by atoms with Crippen molar-refractivity contribution in [1.82, 2.24) is 19.9 Å². The van der Waals surface area contributed by atoms with Gasteiger partial charge >= 0.3 is 0 Å². The molecule has 2 aliphatic heterocycles. The van der Waals surface area contributed by atoms with Crippen molar-refractivity contribution < 1.29 is 14.3 Å². The first-order chi connectivity index (χ1) is 15.7. The number of aromatic nitrogens is 3. The average molecular weight is 432 g/mol. The van der Waals surface area contributed by atoms with Gasteiger partial charge in [-0.15, -0.1) is 0 Å². The largest absolute Gasteiger partial charge is 0.485 e. The highest BCUT2D eigenvalue weighted by molar-refractivity contribution is 5.82. The zero-order valence-corrected chi connectivity index (χ0v) is 17.8. The van der Waals surface area contributed by atoms with Gasteiger partial charge in [0, 0.05) is 38.4 Å². The van der Waals surface area contributed by atoms with E-state index in [1.165, 1.54) is 6.33 Å². The average Bonchev–Trinajstić information content (AvgIpc) is 2.83. The van der Waals surface area contributed by atoms with Crippen LogP contribution in [0.15, 0.2) is 55.0 Å². The smallest absolute Gasteiger partial charge is 0.267 e. The highest BCUT2D eigenvalue weighted by Gasteiger charge is 2.32. The summed E-state index contributed by atoms with van der Waals surface area (Å²) >= 11 is 0. The third-order valence-electron chi connectivity index (χ3n) is 5.52. The van der Waals surface area contributed by atoms with E-state index in [0.717, 1.165) is 17.2 Å². The minimum absolute atomic E-state index is 0.0466. The van der Waals surface area contributed by atoms with Crippen molar-refractivity contribution in [1.29, 1.82) is 0 Å². The zero-order valence-electron chi connectivity index (χ0n) is 17.8. The maximum absolute atomic E-state index is 13.0. The highest BCUT2D eigenvalue weighted by atomic mass is 16.6. The molecule has 3 aromatic rings. The molecule has 2 aliphatic rings. The minimum atomic E-state index is -0.617. The van der Waals surface area contributed by atoms with Gasteiger partial charge in [-0.25, -0.2) is 15.0 Å². The first-order valence-corrected chi connectivity index (χ1v) is 10.6. The van der Waals surface area contributed by atoms with E-state index in [4.69, 9.17) is 9.47 Å². The molecule has 1 unspecified atom stereocenters. The van der Waals surface area contributed by atoms with E-state index < -0.39 is 6.10 Å². The van der Waals surface area contributed by atoms with E-state index in [-0.39, 0.29) is 12.5 Å². The molecule has 1 amide bonds. The number of pyridine rings is 1. The van der Waals surface area contributed by atoms with Crippen molar-refractivity contribution in [2.45, 2.75) is 13.0 Å². The normalized spacial score (nSPS) is 17.7. The molecule has 164 valence electrons. The predicted molar refractivity (Wildman–Crippen MR) is 119 cm³/mol. The summed E-state index contributed by atoms with van der Waals surface area (Å²) in [4.78, 5) is 30.0. The fourth-order valence-electron chi connectivity index (χ4n) is 3.82. The van der Waals surface area contributed by atoms with Crippen LogP contribution in [0.2, 0.25) is 0 Å². The number of hydrogen-bond donors (Lipinski definition) is 1. The van der Waals surface area contributed by atoms with Crippen molar-refractivity contribution in [3.05, 3.63) is 60.6 Å². The second-order valence-corrected chi connectivity index (χ2v) is 7.78. The Bertz CT molecular complexity index is 1120. The van der Waals surface area contributed by atoms with Crippen LogP contribution in [0.4, 0.5) is 17.5 Å². The quantitative estimate of drug-likeness (QED) is 0.672. The summed E-state index contributed by atoms with van der Waals surface area (Å²) in [5.41, 5.74) is 1.12. The lowest BCUT2D eigenvalue weighted by atomic mass is 10.2. The number of benzene rings is 1. The number of rotatable bonds is 4. The second kappa shape index (κ2) is 8.70. The molecule has 0 saturated carbocycles. The maximum atomic E-state index is 13.0. The van der Waals surface area contributed by atoms with Crippen LogP contribution in [0.25, 0.3) is 0 Å². The van der Waals surface area contributed by atoms with Gasteiger partial charge in [-0.2, -0.15) is 0 Å². The molecule has 1 aromatic carbocycles. The Morgan fingerprint density at radius 3 is 2.59 bits per heavy atom. The van der Waals surface area contributed by atoms with Crippen molar-refractivity contribution in [2.24, 2.45) is 0 Å². The second-order valence-electron chi connectivity index (χ2n) is 7.78. The molecule has 0 aliphatic carbocycles. The molecule has 9 heteroatoms. The molecule has 1 fully saturated rings. The lowest BCUT2D eigenvalue weighted by molar-refractivity contribution is -0.141. The summed E-state index contributed by atoms with van der Waals surface area (Å²) in [7, 11) is 0. The van der Waals surface area contributed by atoms with E-state index in [9.17, 15) is 4.79 Å². The van der Waals surface area contributed by atoms with Crippen molar-refractivity contribution in [2.75, 3.05) is 43.0 Å². The molecule has 32 heavy (non-hydrogen) atoms. The molecule has 0 bridgehead atoms. The van der Waals surface area contributed by atoms with Gasteiger partial charge < -0.3 is 24.6 Å². The summed E-state index contributed by atoms with van der Waals surface area (Å²) in [6.07, 6.45) is 2.68. The Hall–Kier alpha value is -3.88. The Morgan fingerprint density at radius 1 is 1.00 bits per heavy atom. The number of nitrogens with one attached hydrogen (secondary N) is 1. The highest BCUT2D eigenvalue weighted by Crippen LogP contribution is 2.31. The number of carbonyl (C=O) groups is 1. The summed E-state index contributed by atoms with van der Waals surface area (Å²) in [6, 6.07) is 13.2. The lowest BCUT2D eigenvalue weighted by Crippen LogP contribution is -2.54. The predicted octanol–water partition coefficient (Wildman–Crippen LogP) is 2.41. The van der Waals surface area contributed by atoms with Gasteiger partial charge in [0.2, 0.25) is 6.10 Å². The Kier molecular flexibility index (Phi) is 5.45. The number of nitrogens with zero attached hydrogens (tertiary/aromatic N) is 5. The fraction of sp³-hybridized carbons (Fsp3) is 0.304. The van der Waals surface area contributed by atoms with Crippen LogP contribution >= 0.6 is 0 Å². The van der Waals surface area contributed by atoms with E-state index in [1.54, 1.807) is 6.20 Å². The molecule has 1 atom stereocenters. The molecule has 0 spiro atoms. The molecule has 1 N–H and O–H groups in total. The van der Waals surface area contributed by atoms with E-state index in [1.807, 2.05) is 54.3 Å². The van der Waals surface area contributed by atoms with Crippen LogP contribution < -0.4 is 19.7 Å². The molecule has 2 aromatic heterocycles. The summed E-state index contributed by atoms with van der Waals surface area (Å²) in [5, 5.41) is 3.22. The number of ether oxygens (including phenoxy) is 2.